The molecule has 230 valence electrons. The van der Waals surface area contributed by atoms with E-state index in [4.69, 9.17) is 4.74 Å². The summed E-state index contributed by atoms with van der Waals surface area (Å²) in [7, 11) is 0.873. The Balaban J connectivity index is 1.60. The average molecular weight is 605 g/mol. The summed E-state index contributed by atoms with van der Waals surface area (Å²) < 4.78 is 22.5. The number of carbonyl (C=O) groups excluding carboxylic acids is 1. The Morgan fingerprint density at radius 1 is 1.26 bits per heavy atom. The standard InChI is InChI=1S/C34H44N4O4S/c1-7-9-10-12-24(3)17-30(32(39)22-35-21-25-13-11-14-28(18-25)42-5)36-34(40)27-19-29-26(8-2)23-38-15-16-43(6,41)37(4)31(20-27)33(29)38/h7,9-14,18-20,23,30,32,35,39H,1,6,8,15-17,21-22H2,2-5H3,(H,36,40)/b10-9-,24-12+. The van der Waals surface area contributed by atoms with Gasteiger partial charge < -0.3 is 29.3 Å². The number of aryl methyl sites for hydroxylation is 2. The van der Waals surface area contributed by atoms with Crippen molar-refractivity contribution >= 4 is 38.1 Å². The first kappa shape index (κ1) is 32.1. The van der Waals surface area contributed by atoms with Crippen molar-refractivity contribution in [2.24, 2.45) is 0 Å². The first-order chi connectivity index (χ1) is 20.6. The van der Waals surface area contributed by atoms with Crippen LogP contribution < -0.4 is 19.7 Å². The number of nitrogens with one attached hydrogen (secondary N) is 2. The third-order valence-corrected chi connectivity index (χ3v) is 9.95. The van der Waals surface area contributed by atoms with Gasteiger partial charge in [0.2, 0.25) is 0 Å². The second kappa shape index (κ2) is 14.1. The van der Waals surface area contributed by atoms with E-state index in [0.717, 1.165) is 45.5 Å². The van der Waals surface area contributed by atoms with Gasteiger partial charge >= 0.3 is 0 Å². The molecule has 0 saturated heterocycles. The summed E-state index contributed by atoms with van der Waals surface area (Å²) in [6.45, 7) is 9.19. The van der Waals surface area contributed by atoms with Gasteiger partial charge in [0, 0.05) is 53.5 Å². The van der Waals surface area contributed by atoms with Crippen LogP contribution in [0.1, 0.15) is 41.8 Å². The Morgan fingerprint density at radius 2 is 2.05 bits per heavy atom. The lowest BCUT2D eigenvalue weighted by molar-refractivity contribution is 0.0830. The highest BCUT2D eigenvalue weighted by atomic mass is 32.2. The molecule has 3 N–H and O–H groups in total. The van der Waals surface area contributed by atoms with E-state index < -0.39 is 21.9 Å². The van der Waals surface area contributed by atoms with Crippen molar-refractivity contribution in [3.8, 4) is 5.75 Å². The third-order valence-electron chi connectivity index (χ3n) is 7.93. The minimum Gasteiger partial charge on any atom is -0.497 e. The summed E-state index contributed by atoms with van der Waals surface area (Å²) in [5, 5.41) is 18.7. The highest BCUT2D eigenvalue weighted by Crippen LogP contribution is 2.35. The topological polar surface area (TPSA) is 95.8 Å². The first-order valence-electron chi connectivity index (χ1n) is 14.6. The zero-order valence-electron chi connectivity index (χ0n) is 25.6. The molecular formula is C34H44N4O4S. The molecule has 1 aromatic heterocycles. The minimum atomic E-state index is -2.54. The van der Waals surface area contributed by atoms with Gasteiger partial charge in [-0.3, -0.25) is 4.79 Å². The number of hydrogen-bond acceptors (Lipinski definition) is 5. The largest absolute Gasteiger partial charge is 0.497 e. The maximum Gasteiger partial charge on any atom is 0.251 e. The summed E-state index contributed by atoms with van der Waals surface area (Å²) >= 11 is 0. The van der Waals surface area contributed by atoms with Crippen molar-refractivity contribution in [3.05, 3.63) is 95.7 Å². The van der Waals surface area contributed by atoms with Gasteiger partial charge in [0.05, 0.1) is 36.2 Å². The second-order valence-electron chi connectivity index (χ2n) is 11.0. The molecule has 0 radical (unpaired) electrons. The molecular weight excluding hydrogens is 560 g/mol. The molecule has 0 saturated carbocycles. The van der Waals surface area contributed by atoms with Crippen LogP contribution in [0.3, 0.4) is 0 Å². The number of amides is 1. The smallest absolute Gasteiger partial charge is 0.251 e. The fraction of sp³-hybridized carbons (Fsp3) is 0.353. The summed E-state index contributed by atoms with van der Waals surface area (Å²) in [4.78, 5) is 13.8. The number of hydrogen-bond donors (Lipinski definition) is 3. The van der Waals surface area contributed by atoms with Gasteiger partial charge in [-0.25, -0.2) is 4.21 Å². The molecule has 0 spiro atoms. The number of allylic oxidation sites excluding steroid dienone is 4. The highest BCUT2D eigenvalue weighted by Gasteiger charge is 2.27. The molecule has 0 fully saturated rings. The molecule has 43 heavy (non-hydrogen) atoms. The number of carbonyl (C=O) groups is 1. The third kappa shape index (κ3) is 7.60. The van der Waals surface area contributed by atoms with Crippen LogP contribution in [0.2, 0.25) is 0 Å². The van der Waals surface area contributed by atoms with Crippen molar-refractivity contribution in [1.82, 2.24) is 15.2 Å². The van der Waals surface area contributed by atoms with Crippen molar-refractivity contribution in [3.63, 3.8) is 0 Å². The molecule has 8 nitrogen and oxygen atoms in total. The lowest BCUT2D eigenvalue weighted by Crippen LogP contribution is -2.47. The number of ether oxygens (including phenoxy) is 1. The Hall–Kier alpha value is -3.79. The van der Waals surface area contributed by atoms with Crippen LogP contribution >= 0.6 is 0 Å². The molecule has 2 heterocycles. The van der Waals surface area contributed by atoms with Gasteiger partial charge in [-0.05, 0) is 61.0 Å². The quantitative estimate of drug-likeness (QED) is 0.196. The van der Waals surface area contributed by atoms with Crippen molar-refractivity contribution in [1.29, 1.82) is 0 Å². The molecule has 1 amide bonds. The van der Waals surface area contributed by atoms with Crippen LogP contribution in [-0.2, 0) is 29.2 Å². The number of aliphatic hydroxyl groups excluding tert-OH is 1. The Kier molecular flexibility index (Phi) is 10.6. The maximum absolute atomic E-state index is 13.8. The number of aliphatic hydroxyl groups is 1. The summed E-state index contributed by atoms with van der Waals surface area (Å²) in [5.74, 6) is 4.90. The van der Waals surface area contributed by atoms with E-state index >= 15 is 0 Å². The van der Waals surface area contributed by atoms with Gasteiger partial charge in [-0.1, -0.05) is 55.5 Å². The molecule has 3 aromatic rings. The van der Waals surface area contributed by atoms with E-state index in [0.29, 0.717) is 30.8 Å². The normalized spacial score (nSPS) is 18.4. The van der Waals surface area contributed by atoms with E-state index in [2.05, 4.69) is 40.8 Å². The van der Waals surface area contributed by atoms with Crippen molar-refractivity contribution in [2.75, 3.05) is 30.8 Å². The number of methoxy groups -OCH3 is 1. The highest BCUT2D eigenvalue weighted by molar-refractivity contribution is 8.01. The van der Waals surface area contributed by atoms with Crippen LogP contribution in [-0.4, -0.2) is 64.3 Å². The van der Waals surface area contributed by atoms with E-state index in [1.54, 1.807) is 30.6 Å². The van der Waals surface area contributed by atoms with Crippen molar-refractivity contribution < 1.29 is 18.8 Å². The number of aromatic nitrogens is 1. The molecule has 1 aliphatic rings. The fourth-order valence-corrected chi connectivity index (χ4v) is 6.67. The Labute approximate surface area is 255 Å². The lowest BCUT2D eigenvalue weighted by Gasteiger charge is -2.26. The number of benzene rings is 2. The monoisotopic (exact) mass is 604 g/mol. The van der Waals surface area contributed by atoms with Gasteiger partial charge in [0.1, 0.15) is 5.75 Å². The maximum atomic E-state index is 13.8. The van der Waals surface area contributed by atoms with Crippen LogP contribution in [0.5, 0.6) is 5.75 Å². The summed E-state index contributed by atoms with van der Waals surface area (Å²) in [6.07, 6.45) is 9.86. The second-order valence-corrected chi connectivity index (χ2v) is 13.5. The first-order valence-corrected chi connectivity index (χ1v) is 16.4. The Bertz CT molecular complexity index is 1640. The van der Waals surface area contributed by atoms with Crippen LogP contribution in [0.4, 0.5) is 5.69 Å². The number of nitrogens with zero attached hydrogens (tertiary/aromatic N) is 2. The van der Waals surface area contributed by atoms with E-state index in [9.17, 15) is 14.1 Å². The van der Waals surface area contributed by atoms with E-state index in [-0.39, 0.29) is 12.5 Å². The van der Waals surface area contributed by atoms with Gasteiger partial charge in [-0.2, -0.15) is 0 Å². The van der Waals surface area contributed by atoms with E-state index in [1.807, 2.05) is 55.5 Å². The number of anilines is 1. The molecule has 2 aromatic carbocycles. The lowest BCUT2D eigenvalue weighted by atomic mass is 10.00. The van der Waals surface area contributed by atoms with Crippen molar-refractivity contribution in [2.45, 2.75) is 51.9 Å². The molecule has 4 rings (SSSR count). The zero-order chi connectivity index (χ0) is 31.1. The molecule has 1 aliphatic heterocycles. The Morgan fingerprint density at radius 3 is 2.77 bits per heavy atom. The van der Waals surface area contributed by atoms with E-state index in [1.165, 1.54) is 0 Å². The molecule has 3 atom stereocenters. The fourth-order valence-electron chi connectivity index (χ4n) is 5.41. The molecule has 0 bridgehead atoms. The van der Waals surface area contributed by atoms with Crippen LogP contribution in [0.15, 0.2) is 79.1 Å². The molecule has 0 aliphatic carbocycles. The van der Waals surface area contributed by atoms with Crippen LogP contribution in [0, 0.1) is 0 Å². The summed E-state index contributed by atoms with van der Waals surface area (Å²) in [6, 6.07) is 10.9. The van der Waals surface area contributed by atoms with Gasteiger partial charge in [0.25, 0.3) is 5.91 Å². The predicted octanol–water partition coefficient (Wildman–Crippen LogP) is 4.62. The van der Waals surface area contributed by atoms with Gasteiger partial charge in [-0.15, -0.1) is 0 Å². The molecule has 3 unspecified atom stereocenters. The number of rotatable bonds is 13. The SMILES string of the molecule is C=C/C=C\C=C(/C)CC(NC(=O)c1cc2c3c(c1)c(CC)cn3CCS(=C)(=O)N2C)C(O)CNCc1cccc(OC)c1. The average Bonchev–Trinajstić information content (AvgIpc) is 3.32. The molecule has 9 heteroatoms. The zero-order valence-corrected chi connectivity index (χ0v) is 26.5. The summed E-state index contributed by atoms with van der Waals surface area (Å²) in [5.41, 5.74) is 5.30. The predicted molar refractivity (Wildman–Crippen MR) is 180 cm³/mol. The van der Waals surface area contributed by atoms with Gasteiger partial charge in [0.15, 0.2) is 0 Å². The van der Waals surface area contributed by atoms with Crippen LogP contribution in [0.25, 0.3) is 10.9 Å². The minimum absolute atomic E-state index is 0.275.